The lowest BCUT2D eigenvalue weighted by atomic mass is 9.94. The summed E-state index contributed by atoms with van der Waals surface area (Å²) in [4.78, 5) is 0. The number of likely N-dealkylation sites (N-methyl/N-ethyl adjacent to an activating group) is 1. The van der Waals surface area contributed by atoms with Gasteiger partial charge in [-0.05, 0) is 30.6 Å². The summed E-state index contributed by atoms with van der Waals surface area (Å²) in [6.07, 6.45) is 5.24. The fourth-order valence-electron chi connectivity index (χ4n) is 1.23. The SMILES string of the molecule is C=C1C=C(C(=C)NC)C(C)=CC1. The summed E-state index contributed by atoms with van der Waals surface area (Å²) >= 11 is 0. The molecule has 1 heteroatoms. The van der Waals surface area contributed by atoms with Crippen molar-refractivity contribution in [2.24, 2.45) is 0 Å². The molecule has 0 aromatic rings. The Morgan fingerprint density at radius 1 is 1.58 bits per heavy atom. The number of rotatable bonds is 2. The van der Waals surface area contributed by atoms with Gasteiger partial charge in [-0.25, -0.2) is 0 Å². The molecule has 0 saturated carbocycles. The van der Waals surface area contributed by atoms with Gasteiger partial charge in [-0.2, -0.15) is 0 Å². The molecule has 1 aliphatic rings. The Kier molecular flexibility index (Phi) is 2.54. The van der Waals surface area contributed by atoms with Gasteiger partial charge in [0.2, 0.25) is 0 Å². The Labute approximate surface area is 74.2 Å². The van der Waals surface area contributed by atoms with Gasteiger partial charge in [0.25, 0.3) is 0 Å². The minimum atomic E-state index is 0.963. The van der Waals surface area contributed by atoms with Gasteiger partial charge in [0.05, 0.1) is 0 Å². The second-order valence-corrected chi connectivity index (χ2v) is 3.04. The molecule has 0 radical (unpaired) electrons. The van der Waals surface area contributed by atoms with E-state index in [0.29, 0.717) is 0 Å². The van der Waals surface area contributed by atoms with Crippen molar-refractivity contribution >= 4 is 0 Å². The van der Waals surface area contributed by atoms with Crippen molar-refractivity contribution in [3.05, 3.63) is 47.7 Å². The van der Waals surface area contributed by atoms with Crippen LogP contribution in [0.5, 0.6) is 0 Å². The van der Waals surface area contributed by atoms with Gasteiger partial charge in [0.1, 0.15) is 0 Å². The molecule has 0 amide bonds. The smallest absolute Gasteiger partial charge is 0.0340 e. The zero-order valence-corrected chi connectivity index (χ0v) is 7.78. The summed E-state index contributed by atoms with van der Waals surface area (Å²) in [6, 6.07) is 0. The van der Waals surface area contributed by atoms with E-state index in [1.165, 1.54) is 11.1 Å². The van der Waals surface area contributed by atoms with E-state index in [-0.39, 0.29) is 0 Å². The van der Waals surface area contributed by atoms with E-state index >= 15 is 0 Å². The first-order valence-corrected chi connectivity index (χ1v) is 4.08. The number of nitrogens with one attached hydrogen (secondary N) is 1. The van der Waals surface area contributed by atoms with Gasteiger partial charge in [-0.1, -0.05) is 24.8 Å². The Morgan fingerprint density at radius 3 is 2.83 bits per heavy atom. The minimum absolute atomic E-state index is 0.963. The number of hydrogen-bond acceptors (Lipinski definition) is 1. The molecule has 1 N–H and O–H groups in total. The van der Waals surface area contributed by atoms with Crippen LogP contribution in [-0.2, 0) is 0 Å². The molecule has 1 aliphatic carbocycles. The van der Waals surface area contributed by atoms with E-state index in [9.17, 15) is 0 Å². The summed E-state index contributed by atoms with van der Waals surface area (Å²) in [5.74, 6) is 0. The lowest BCUT2D eigenvalue weighted by Crippen LogP contribution is -2.09. The van der Waals surface area contributed by atoms with Crippen molar-refractivity contribution in [2.75, 3.05) is 7.05 Å². The first-order chi connectivity index (χ1) is 5.65. The number of allylic oxidation sites excluding steroid dienone is 4. The Morgan fingerprint density at radius 2 is 2.25 bits per heavy atom. The zero-order valence-electron chi connectivity index (χ0n) is 7.78. The van der Waals surface area contributed by atoms with E-state index in [0.717, 1.165) is 17.7 Å². The molecule has 0 aromatic carbocycles. The van der Waals surface area contributed by atoms with Crippen molar-refractivity contribution in [1.82, 2.24) is 5.32 Å². The third kappa shape index (κ3) is 1.67. The first-order valence-electron chi connectivity index (χ1n) is 4.08. The van der Waals surface area contributed by atoms with Gasteiger partial charge in [0.15, 0.2) is 0 Å². The van der Waals surface area contributed by atoms with Crippen LogP contribution in [0.25, 0.3) is 0 Å². The van der Waals surface area contributed by atoms with Crippen molar-refractivity contribution in [2.45, 2.75) is 13.3 Å². The fraction of sp³-hybridized carbons (Fsp3) is 0.273. The first kappa shape index (κ1) is 8.85. The summed E-state index contributed by atoms with van der Waals surface area (Å²) in [6.45, 7) is 9.94. The molecule has 1 nitrogen and oxygen atoms in total. The second-order valence-electron chi connectivity index (χ2n) is 3.04. The molecule has 1 rings (SSSR count). The molecular formula is C11H15N. The van der Waals surface area contributed by atoms with E-state index in [1.807, 2.05) is 7.05 Å². The van der Waals surface area contributed by atoms with Crippen LogP contribution in [-0.4, -0.2) is 7.05 Å². The van der Waals surface area contributed by atoms with Crippen LogP contribution in [0, 0.1) is 0 Å². The van der Waals surface area contributed by atoms with E-state index in [1.54, 1.807) is 0 Å². The average Bonchev–Trinajstić information content (AvgIpc) is 2.08. The van der Waals surface area contributed by atoms with Crippen LogP contribution in [0.1, 0.15) is 13.3 Å². The Balaban J connectivity index is 2.93. The maximum atomic E-state index is 3.93. The summed E-state index contributed by atoms with van der Waals surface area (Å²) in [5, 5.41) is 3.04. The molecular weight excluding hydrogens is 146 g/mol. The van der Waals surface area contributed by atoms with Gasteiger partial charge >= 0.3 is 0 Å². The quantitative estimate of drug-likeness (QED) is 0.656. The van der Waals surface area contributed by atoms with E-state index in [2.05, 4.69) is 37.6 Å². The van der Waals surface area contributed by atoms with Crippen LogP contribution in [0.3, 0.4) is 0 Å². The molecule has 0 heterocycles. The Bertz CT molecular complexity index is 279. The maximum Gasteiger partial charge on any atom is 0.0340 e. The standard InChI is InChI=1S/C11H15N/c1-8-5-6-9(2)11(7-8)10(3)12-4/h6-7,12H,1,3,5H2,2,4H3. The third-order valence-electron chi connectivity index (χ3n) is 2.07. The highest BCUT2D eigenvalue weighted by Gasteiger charge is 2.07. The van der Waals surface area contributed by atoms with E-state index < -0.39 is 0 Å². The topological polar surface area (TPSA) is 12.0 Å². The fourth-order valence-corrected chi connectivity index (χ4v) is 1.23. The number of hydrogen-bond donors (Lipinski definition) is 1. The predicted molar refractivity (Wildman–Crippen MR) is 53.8 cm³/mol. The summed E-state index contributed by atoms with van der Waals surface area (Å²) in [7, 11) is 1.88. The van der Waals surface area contributed by atoms with Crippen LogP contribution < -0.4 is 5.32 Å². The molecule has 0 aromatic heterocycles. The van der Waals surface area contributed by atoms with Crippen molar-refractivity contribution in [1.29, 1.82) is 0 Å². The zero-order chi connectivity index (χ0) is 9.14. The monoisotopic (exact) mass is 161 g/mol. The maximum absolute atomic E-state index is 3.93. The summed E-state index contributed by atoms with van der Waals surface area (Å²) in [5.41, 5.74) is 4.56. The summed E-state index contributed by atoms with van der Waals surface area (Å²) < 4.78 is 0. The average molecular weight is 161 g/mol. The highest BCUT2D eigenvalue weighted by Crippen LogP contribution is 2.24. The molecule has 0 bridgehead atoms. The predicted octanol–water partition coefficient (Wildman–Crippen LogP) is 2.55. The van der Waals surface area contributed by atoms with Crippen molar-refractivity contribution < 1.29 is 0 Å². The normalized spacial score (nSPS) is 16.7. The van der Waals surface area contributed by atoms with Crippen LogP contribution in [0.2, 0.25) is 0 Å². The lowest BCUT2D eigenvalue weighted by Gasteiger charge is -2.15. The van der Waals surface area contributed by atoms with Gasteiger partial charge < -0.3 is 5.32 Å². The van der Waals surface area contributed by atoms with E-state index in [4.69, 9.17) is 0 Å². The molecule has 0 saturated heterocycles. The van der Waals surface area contributed by atoms with Crippen LogP contribution >= 0.6 is 0 Å². The van der Waals surface area contributed by atoms with Gasteiger partial charge in [0, 0.05) is 12.7 Å². The third-order valence-corrected chi connectivity index (χ3v) is 2.07. The van der Waals surface area contributed by atoms with Crippen molar-refractivity contribution in [3.8, 4) is 0 Å². The Hall–Kier alpha value is -1.24. The second kappa shape index (κ2) is 3.44. The highest BCUT2D eigenvalue weighted by molar-refractivity contribution is 5.50. The highest BCUT2D eigenvalue weighted by atomic mass is 14.8. The molecule has 0 fully saturated rings. The van der Waals surface area contributed by atoms with Gasteiger partial charge in [-0.15, -0.1) is 0 Å². The van der Waals surface area contributed by atoms with Crippen molar-refractivity contribution in [3.63, 3.8) is 0 Å². The van der Waals surface area contributed by atoms with Crippen LogP contribution in [0.15, 0.2) is 47.7 Å². The molecule has 0 unspecified atom stereocenters. The molecule has 64 valence electrons. The minimum Gasteiger partial charge on any atom is -0.388 e. The largest absolute Gasteiger partial charge is 0.388 e. The van der Waals surface area contributed by atoms with Crippen LogP contribution in [0.4, 0.5) is 0 Å². The molecule has 0 aliphatic heterocycles. The molecule has 0 atom stereocenters. The van der Waals surface area contributed by atoms with Gasteiger partial charge in [-0.3, -0.25) is 0 Å². The molecule has 0 spiro atoms. The lowest BCUT2D eigenvalue weighted by molar-refractivity contribution is 0.997. The molecule has 12 heavy (non-hydrogen) atoms.